The molecule has 1 aromatic carbocycles. The molecular weight excluding hydrogens is 249 g/mol. The van der Waals surface area contributed by atoms with Gasteiger partial charge in [-0.1, -0.05) is 29.3 Å². The van der Waals surface area contributed by atoms with Crippen LogP contribution in [0.25, 0.3) is 0 Å². The highest BCUT2D eigenvalue weighted by Crippen LogP contribution is 2.22. The number of ketones is 1. The molecule has 1 aromatic rings. The standard InChI is InChI=1S/C11H11Cl2NO2/c1-7(15)11(16)14-5-4-8-2-3-9(12)10(13)6-8/h2-3,6H,4-5H2,1H3,(H,14,16). The van der Waals surface area contributed by atoms with E-state index in [1.165, 1.54) is 6.92 Å². The lowest BCUT2D eigenvalue weighted by molar-refractivity contribution is -0.136. The second kappa shape index (κ2) is 5.87. The molecule has 16 heavy (non-hydrogen) atoms. The molecule has 86 valence electrons. The van der Waals surface area contributed by atoms with Crippen molar-refractivity contribution in [1.29, 1.82) is 0 Å². The van der Waals surface area contributed by atoms with E-state index in [9.17, 15) is 9.59 Å². The second-order valence-corrected chi connectivity index (χ2v) is 4.12. The Hall–Kier alpha value is -1.06. The Morgan fingerprint density at radius 1 is 1.25 bits per heavy atom. The number of amides is 1. The Labute approximate surface area is 104 Å². The van der Waals surface area contributed by atoms with Crippen molar-refractivity contribution >= 4 is 34.9 Å². The van der Waals surface area contributed by atoms with Gasteiger partial charge in [-0.05, 0) is 24.1 Å². The van der Waals surface area contributed by atoms with E-state index >= 15 is 0 Å². The molecule has 0 saturated carbocycles. The summed E-state index contributed by atoms with van der Waals surface area (Å²) in [6.45, 7) is 1.63. The molecule has 0 heterocycles. The fourth-order valence-corrected chi connectivity index (χ4v) is 1.46. The summed E-state index contributed by atoms with van der Waals surface area (Å²) in [5.41, 5.74) is 0.957. The average molecular weight is 260 g/mol. The summed E-state index contributed by atoms with van der Waals surface area (Å²) in [5, 5.41) is 3.48. The Balaban J connectivity index is 2.46. The van der Waals surface area contributed by atoms with E-state index in [0.29, 0.717) is 23.0 Å². The third kappa shape index (κ3) is 3.83. The van der Waals surface area contributed by atoms with Crippen LogP contribution in [0.15, 0.2) is 18.2 Å². The van der Waals surface area contributed by atoms with Crippen LogP contribution in [0.4, 0.5) is 0 Å². The second-order valence-electron chi connectivity index (χ2n) is 3.31. The zero-order valence-corrected chi connectivity index (χ0v) is 10.2. The van der Waals surface area contributed by atoms with Gasteiger partial charge in [0.1, 0.15) is 0 Å². The van der Waals surface area contributed by atoms with Gasteiger partial charge < -0.3 is 5.32 Å². The van der Waals surface area contributed by atoms with E-state index in [1.54, 1.807) is 12.1 Å². The molecule has 0 fully saturated rings. The first kappa shape index (κ1) is 13.0. The molecule has 0 aromatic heterocycles. The predicted molar refractivity (Wildman–Crippen MR) is 63.9 cm³/mol. The monoisotopic (exact) mass is 259 g/mol. The van der Waals surface area contributed by atoms with Crippen molar-refractivity contribution in [2.24, 2.45) is 0 Å². The summed E-state index contributed by atoms with van der Waals surface area (Å²) in [4.78, 5) is 21.6. The normalized spacial score (nSPS) is 9.94. The van der Waals surface area contributed by atoms with Crippen molar-refractivity contribution in [1.82, 2.24) is 5.32 Å². The Kier molecular flexibility index (Phi) is 4.77. The molecule has 0 bridgehead atoms. The van der Waals surface area contributed by atoms with Gasteiger partial charge in [-0.25, -0.2) is 0 Å². The van der Waals surface area contributed by atoms with Crippen LogP contribution in [0.2, 0.25) is 10.0 Å². The van der Waals surface area contributed by atoms with E-state index < -0.39 is 11.7 Å². The van der Waals surface area contributed by atoms with Gasteiger partial charge in [0.05, 0.1) is 10.0 Å². The molecule has 0 aliphatic carbocycles. The SMILES string of the molecule is CC(=O)C(=O)NCCc1ccc(Cl)c(Cl)c1. The minimum absolute atomic E-state index is 0.399. The molecule has 1 amide bonds. The largest absolute Gasteiger partial charge is 0.349 e. The van der Waals surface area contributed by atoms with Gasteiger partial charge in [0, 0.05) is 13.5 Å². The Morgan fingerprint density at radius 2 is 1.94 bits per heavy atom. The van der Waals surface area contributed by atoms with Crippen molar-refractivity contribution in [3.63, 3.8) is 0 Å². The minimum atomic E-state index is -0.569. The molecule has 0 radical (unpaired) electrons. The van der Waals surface area contributed by atoms with E-state index in [1.807, 2.05) is 6.07 Å². The van der Waals surface area contributed by atoms with E-state index in [-0.39, 0.29) is 0 Å². The highest BCUT2D eigenvalue weighted by Gasteiger charge is 2.06. The maximum Gasteiger partial charge on any atom is 0.287 e. The third-order valence-electron chi connectivity index (χ3n) is 2.00. The van der Waals surface area contributed by atoms with E-state index in [2.05, 4.69) is 5.32 Å². The molecule has 5 heteroatoms. The van der Waals surface area contributed by atoms with Crippen LogP contribution < -0.4 is 5.32 Å². The smallest absolute Gasteiger partial charge is 0.287 e. The van der Waals surface area contributed by atoms with Crippen molar-refractivity contribution in [3.8, 4) is 0 Å². The van der Waals surface area contributed by atoms with Crippen molar-refractivity contribution in [2.75, 3.05) is 6.54 Å². The fourth-order valence-electron chi connectivity index (χ4n) is 1.14. The number of carbonyl (C=O) groups excluding carboxylic acids is 2. The van der Waals surface area contributed by atoms with E-state index in [0.717, 1.165) is 5.56 Å². The first-order valence-corrected chi connectivity index (χ1v) is 5.49. The average Bonchev–Trinajstić information content (AvgIpc) is 2.23. The van der Waals surface area contributed by atoms with Crippen molar-refractivity contribution < 1.29 is 9.59 Å². The number of halogens is 2. The van der Waals surface area contributed by atoms with Gasteiger partial charge in [0.25, 0.3) is 5.91 Å². The lowest BCUT2D eigenvalue weighted by Gasteiger charge is -2.04. The van der Waals surface area contributed by atoms with E-state index in [4.69, 9.17) is 23.2 Å². The van der Waals surface area contributed by atoms with Crippen LogP contribution in [0.1, 0.15) is 12.5 Å². The van der Waals surface area contributed by atoms with Gasteiger partial charge in [-0.2, -0.15) is 0 Å². The van der Waals surface area contributed by atoms with Crippen molar-refractivity contribution in [2.45, 2.75) is 13.3 Å². The van der Waals surface area contributed by atoms with Gasteiger partial charge in [0.15, 0.2) is 0 Å². The number of carbonyl (C=O) groups is 2. The van der Waals surface area contributed by atoms with Gasteiger partial charge in [-0.3, -0.25) is 9.59 Å². The van der Waals surface area contributed by atoms with Gasteiger partial charge in [0.2, 0.25) is 5.78 Å². The van der Waals surface area contributed by atoms with Crippen LogP contribution in [0.5, 0.6) is 0 Å². The molecule has 0 spiro atoms. The molecule has 0 atom stereocenters. The summed E-state index contributed by atoms with van der Waals surface area (Å²) in [7, 11) is 0. The third-order valence-corrected chi connectivity index (χ3v) is 2.74. The molecule has 0 unspecified atom stereocenters. The molecule has 3 nitrogen and oxygen atoms in total. The molecule has 0 aliphatic heterocycles. The van der Waals surface area contributed by atoms with Crippen LogP contribution in [-0.2, 0) is 16.0 Å². The molecular formula is C11H11Cl2NO2. The summed E-state index contributed by atoms with van der Waals surface area (Å²) < 4.78 is 0. The topological polar surface area (TPSA) is 46.2 Å². The number of benzene rings is 1. The summed E-state index contributed by atoms with van der Waals surface area (Å²) in [5.74, 6) is -1.06. The molecule has 1 rings (SSSR count). The molecule has 1 N–H and O–H groups in total. The summed E-state index contributed by atoms with van der Waals surface area (Å²) in [6, 6.07) is 5.27. The quantitative estimate of drug-likeness (QED) is 0.844. The van der Waals surface area contributed by atoms with Crippen LogP contribution in [0.3, 0.4) is 0 Å². The fraction of sp³-hybridized carbons (Fsp3) is 0.273. The highest BCUT2D eigenvalue weighted by atomic mass is 35.5. The zero-order chi connectivity index (χ0) is 12.1. The zero-order valence-electron chi connectivity index (χ0n) is 8.72. The maximum atomic E-state index is 10.9. The number of Topliss-reactive ketones (excluding diaryl/α,β-unsaturated/α-hetero) is 1. The lowest BCUT2D eigenvalue weighted by atomic mass is 10.1. The minimum Gasteiger partial charge on any atom is -0.349 e. The molecule has 0 aliphatic rings. The number of hydrogen-bond donors (Lipinski definition) is 1. The lowest BCUT2D eigenvalue weighted by Crippen LogP contribution is -2.30. The Morgan fingerprint density at radius 3 is 2.50 bits per heavy atom. The number of hydrogen-bond acceptors (Lipinski definition) is 2. The van der Waals surface area contributed by atoms with Crippen LogP contribution in [0, 0.1) is 0 Å². The number of nitrogens with one attached hydrogen (secondary N) is 1. The van der Waals surface area contributed by atoms with Gasteiger partial charge in [-0.15, -0.1) is 0 Å². The maximum absolute atomic E-state index is 10.9. The Bertz CT molecular complexity index is 418. The van der Waals surface area contributed by atoms with Gasteiger partial charge >= 0.3 is 0 Å². The number of rotatable bonds is 4. The van der Waals surface area contributed by atoms with Crippen LogP contribution >= 0.6 is 23.2 Å². The summed E-state index contributed by atoms with van der Waals surface area (Å²) in [6.07, 6.45) is 0.607. The molecule has 0 saturated heterocycles. The highest BCUT2D eigenvalue weighted by molar-refractivity contribution is 6.42. The first-order chi connectivity index (χ1) is 7.50. The van der Waals surface area contributed by atoms with Crippen molar-refractivity contribution in [3.05, 3.63) is 33.8 Å². The van der Waals surface area contributed by atoms with Crippen LogP contribution in [-0.4, -0.2) is 18.2 Å². The summed E-state index contributed by atoms with van der Waals surface area (Å²) >= 11 is 11.6. The first-order valence-electron chi connectivity index (χ1n) is 4.73. The predicted octanol–water partition coefficient (Wildman–Crippen LogP) is 2.24.